The lowest BCUT2D eigenvalue weighted by Gasteiger charge is -2.30. The number of aliphatic imine (C=N–C) groups is 1. The van der Waals surface area contributed by atoms with Crippen molar-refractivity contribution >= 4 is 52.1 Å². The van der Waals surface area contributed by atoms with Crippen LogP contribution in [0.2, 0.25) is 0 Å². The van der Waals surface area contributed by atoms with Gasteiger partial charge in [0, 0.05) is 52.7 Å². The highest BCUT2D eigenvalue weighted by atomic mass is 127. The zero-order valence-corrected chi connectivity index (χ0v) is 20.3. The number of thiazole rings is 1. The zero-order valence-electron chi connectivity index (χ0n) is 16.3. The van der Waals surface area contributed by atoms with Crippen LogP contribution in [0.4, 0.5) is 0 Å². The average Bonchev–Trinajstić information content (AvgIpc) is 3.00. The number of aromatic nitrogens is 1. The first-order valence-electron chi connectivity index (χ1n) is 9.36. The highest BCUT2D eigenvalue weighted by Gasteiger charge is 2.25. The van der Waals surface area contributed by atoms with Crippen LogP contribution < -0.4 is 10.6 Å². The molecule has 3 unspecified atom stereocenters. The number of hydrogen-bond donors (Lipinski definition) is 2. The summed E-state index contributed by atoms with van der Waals surface area (Å²) < 4.78 is 12.1. The highest BCUT2D eigenvalue weighted by molar-refractivity contribution is 14.0. The van der Waals surface area contributed by atoms with Crippen molar-refractivity contribution in [1.82, 2.24) is 15.6 Å². The topological polar surface area (TPSA) is 66.4 Å². The van der Waals surface area contributed by atoms with Crippen molar-refractivity contribution in [2.24, 2.45) is 4.99 Å². The molecular weight excluding hydrogens is 479 g/mol. The van der Waals surface area contributed by atoms with Crippen molar-refractivity contribution in [2.45, 2.75) is 70.6 Å². The number of guanidine groups is 1. The molecule has 0 radical (unpaired) electrons. The van der Waals surface area contributed by atoms with Crippen molar-refractivity contribution < 1.29 is 4.21 Å². The number of nitrogens with one attached hydrogen (secondary N) is 2. The molecule has 1 aromatic heterocycles. The molecule has 5 nitrogen and oxygen atoms in total. The minimum Gasteiger partial charge on any atom is -0.356 e. The van der Waals surface area contributed by atoms with Crippen LogP contribution >= 0.6 is 35.3 Å². The molecule has 1 heterocycles. The molecule has 0 aliphatic heterocycles. The van der Waals surface area contributed by atoms with Crippen LogP contribution in [-0.2, 0) is 23.6 Å². The second-order valence-corrected chi connectivity index (χ2v) is 9.81. The van der Waals surface area contributed by atoms with E-state index in [-0.39, 0.29) is 24.0 Å². The van der Waals surface area contributed by atoms with E-state index in [2.05, 4.69) is 34.5 Å². The summed E-state index contributed by atoms with van der Waals surface area (Å²) in [6.45, 7) is 7.14. The van der Waals surface area contributed by atoms with Gasteiger partial charge in [-0.3, -0.25) is 9.20 Å². The molecular formula is C18H33IN4OS2. The van der Waals surface area contributed by atoms with E-state index in [1.807, 2.05) is 14.0 Å². The predicted octanol–water partition coefficient (Wildman–Crippen LogP) is 3.42. The third-order valence-corrected chi connectivity index (χ3v) is 7.56. The van der Waals surface area contributed by atoms with Gasteiger partial charge in [-0.05, 0) is 32.6 Å². The summed E-state index contributed by atoms with van der Waals surface area (Å²) in [5.74, 6) is 1.61. The van der Waals surface area contributed by atoms with Gasteiger partial charge in [-0.2, -0.15) is 0 Å². The standard InChI is InChI=1S/C18H32N4OS2.HI/c1-5-16-13(3)24-17(22-16)10-11-20-18(19-4)21-14-8-7-9-15(12-14)25(23)6-2;/h14-15H,5-12H2,1-4H3,(H2,19,20,21);1H. The number of halogens is 1. The zero-order chi connectivity index (χ0) is 18.2. The maximum absolute atomic E-state index is 12.1. The Morgan fingerprint density at radius 2 is 2.15 bits per heavy atom. The van der Waals surface area contributed by atoms with Gasteiger partial charge in [-0.25, -0.2) is 4.98 Å². The largest absolute Gasteiger partial charge is 0.356 e. The Labute approximate surface area is 181 Å². The minimum atomic E-state index is -0.689. The van der Waals surface area contributed by atoms with Gasteiger partial charge in [0.15, 0.2) is 5.96 Å². The summed E-state index contributed by atoms with van der Waals surface area (Å²) in [5, 5.41) is 8.44. The summed E-state index contributed by atoms with van der Waals surface area (Å²) in [5.41, 5.74) is 1.22. The predicted molar refractivity (Wildman–Crippen MR) is 125 cm³/mol. The molecule has 1 aromatic rings. The van der Waals surface area contributed by atoms with Gasteiger partial charge in [0.25, 0.3) is 0 Å². The van der Waals surface area contributed by atoms with Crippen molar-refractivity contribution in [2.75, 3.05) is 19.3 Å². The molecule has 1 aliphatic carbocycles. The van der Waals surface area contributed by atoms with Crippen molar-refractivity contribution in [3.63, 3.8) is 0 Å². The van der Waals surface area contributed by atoms with E-state index in [1.54, 1.807) is 11.3 Å². The fraction of sp³-hybridized carbons (Fsp3) is 0.778. The average molecular weight is 513 g/mol. The number of nitrogens with zero attached hydrogens (tertiary/aromatic N) is 2. The molecule has 2 N–H and O–H groups in total. The van der Waals surface area contributed by atoms with Crippen LogP contribution in [0.1, 0.15) is 55.1 Å². The molecule has 2 rings (SSSR count). The van der Waals surface area contributed by atoms with Gasteiger partial charge in [0.1, 0.15) is 0 Å². The Morgan fingerprint density at radius 1 is 1.38 bits per heavy atom. The van der Waals surface area contributed by atoms with Crippen LogP contribution in [0.5, 0.6) is 0 Å². The Bertz CT molecular complexity index is 606. The van der Waals surface area contributed by atoms with E-state index >= 15 is 0 Å². The third-order valence-electron chi connectivity index (χ3n) is 4.75. The minimum absolute atomic E-state index is 0. The second-order valence-electron chi connectivity index (χ2n) is 6.51. The van der Waals surface area contributed by atoms with E-state index in [1.165, 1.54) is 15.6 Å². The van der Waals surface area contributed by atoms with Crippen LogP contribution in [0.25, 0.3) is 0 Å². The van der Waals surface area contributed by atoms with Gasteiger partial charge < -0.3 is 10.6 Å². The van der Waals surface area contributed by atoms with Gasteiger partial charge in [-0.1, -0.05) is 20.3 Å². The monoisotopic (exact) mass is 512 g/mol. The van der Waals surface area contributed by atoms with Gasteiger partial charge in [-0.15, -0.1) is 35.3 Å². The Morgan fingerprint density at radius 3 is 2.77 bits per heavy atom. The summed E-state index contributed by atoms with van der Waals surface area (Å²) in [6, 6.07) is 0.370. The molecule has 8 heteroatoms. The Kier molecular flexibility index (Phi) is 11.2. The fourth-order valence-corrected chi connectivity index (χ4v) is 5.72. The number of aryl methyl sites for hydroxylation is 2. The van der Waals surface area contributed by atoms with Crippen LogP contribution in [0.15, 0.2) is 4.99 Å². The molecule has 0 aromatic carbocycles. The lowest BCUT2D eigenvalue weighted by Crippen LogP contribution is -2.47. The molecule has 1 fully saturated rings. The molecule has 26 heavy (non-hydrogen) atoms. The van der Waals surface area contributed by atoms with E-state index in [0.29, 0.717) is 11.3 Å². The van der Waals surface area contributed by atoms with E-state index < -0.39 is 10.8 Å². The molecule has 1 saturated carbocycles. The maximum atomic E-state index is 12.1. The van der Waals surface area contributed by atoms with E-state index in [0.717, 1.165) is 56.8 Å². The molecule has 1 aliphatic rings. The number of rotatable bonds is 7. The fourth-order valence-electron chi connectivity index (χ4n) is 3.35. The van der Waals surface area contributed by atoms with Crippen LogP contribution in [0.3, 0.4) is 0 Å². The summed E-state index contributed by atoms with van der Waals surface area (Å²) in [7, 11) is 1.12. The van der Waals surface area contributed by atoms with Crippen LogP contribution in [0, 0.1) is 6.92 Å². The number of hydrogen-bond acceptors (Lipinski definition) is 4. The summed E-state index contributed by atoms with van der Waals surface area (Å²) in [4.78, 5) is 10.4. The Balaban J connectivity index is 0.00000338. The van der Waals surface area contributed by atoms with E-state index in [4.69, 9.17) is 0 Å². The van der Waals surface area contributed by atoms with Gasteiger partial charge >= 0.3 is 0 Å². The molecule has 0 amide bonds. The van der Waals surface area contributed by atoms with Crippen molar-refractivity contribution in [3.8, 4) is 0 Å². The first-order chi connectivity index (χ1) is 12.1. The molecule has 0 bridgehead atoms. The van der Waals surface area contributed by atoms with E-state index in [9.17, 15) is 4.21 Å². The summed E-state index contributed by atoms with van der Waals surface area (Å²) in [6.07, 6.45) is 6.26. The lowest BCUT2D eigenvalue weighted by atomic mass is 9.95. The Hall–Kier alpha value is -0.220. The first-order valence-corrected chi connectivity index (χ1v) is 11.6. The molecule has 0 saturated heterocycles. The van der Waals surface area contributed by atoms with Crippen molar-refractivity contribution in [3.05, 3.63) is 15.6 Å². The highest BCUT2D eigenvalue weighted by Crippen LogP contribution is 2.23. The quantitative estimate of drug-likeness (QED) is 0.334. The third kappa shape index (κ3) is 7.07. The van der Waals surface area contributed by atoms with Gasteiger partial charge in [0.05, 0.1) is 10.7 Å². The first kappa shape index (κ1) is 23.8. The normalized spacial score (nSPS) is 21.8. The summed E-state index contributed by atoms with van der Waals surface area (Å²) >= 11 is 1.79. The smallest absolute Gasteiger partial charge is 0.191 e. The molecule has 0 spiro atoms. The molecule has 3 atom stereocenters. The van der Waals surface area contributed by atoms with Crippen LogP contribution in [-0.4, -0.2) is 45.8 Å². The maximum Gasteiger partial charge on any atom is 0.191 e. The second kappa shape index (κ2) is 12.3. The van der Waals surface area contributed by atoms with Crippen molar-refractivity contribution in [1.29, 1.82) is 0 Å². The molecule has 150 valence electrons. The lowest BCUT2D eigenvalue weighted by molar-refractivity contribution is 0.413. The SMILES string of the molecule is CCc1nc(CCNC(=NC)NC2CCCC(S(=O)CC)C2)sc1C.I. The van der Waals surface area contributed by atoms with Gasteiger partial charge in [0.2, 0.25) is 0 Å².